The first-order chi connectivity index (χ1) is 10.1. The van der Waals surface area contributed by atoms with Gasteiger partial charge in [-0.3, -0.25) is 4.79 Å². The van der Waals surface area contributed by atoms with Crippen LogP contribution in [0, 0.1) is 5.82 Å². The number of pyridine rings is 1. The van der Waals surface area contributed by atoms with E-state index in [9.17, 15) is 14.0 Å². The fourth-order valence-corrected chi connectivity index (χ4v) is 2.24. The number of hydrogen-bond donors (Lipinski definition) is 2. The molecular weight excluding hydrogens is 295 g/mol. The number of aromatic nitrogens is 1. The van der Waals surface area contributed by atoms with Crippen LogP contribution in [0.4, 0.5) is 10.1 Å². The Morgan fingerprint density at radius 1 is 1.24 bits per heavy atom. The third-order valence-corrected chi connectivity index (χ3v) is 3.48. The van der Waals surface area contributed by atoms with Crippen molar-refractivity contribution in [3.63, 3.8) is 0 Å². The summed E-state index contributed by atoms with van der Waals surface area (Å²) in [6.07, 6.45) is 1.34. The van der Waals surface area contributed by atoms with E-state index in [4.69, 9.17) is 5.11 Å². The Labute approximate surface area is 124 Å². The minimum Gasteiger partial charge on any atom is -0.476 e. The average Bonchev–Trinajstić information content (AvgIpc) is 2.47. The number of hydrogen-bond acceptors (Lipinski definition) is 4. The summed E-state index contributed by atoms with van der Waals surface area (Å²) in [5, 5.41) is 11.5. The van der Waals surface area contributed by atoms with E-state index in [2.05, 4.69) is 10.3 Å². The van der Waals surface area contributed by atoms with E-state index in [1.54, 1.807) is 12.1 Å². The Morgan fingerprint density at radius 2 is 1.95 bits per heavy atom. The molecule has 108 valence electrons. The van der Waals surface area contributed by atoms with Gasteiger partial charge in [0.05, 0.1) is 11.4 Å². The Morgan fingerprint density at radius 3 is 2.62 bits per heavy atom. The van der Waals surface area contributed by atoms with Crippen LogP contribution in [-0.2, 0) is 4.79 Å². The minimum absolute atomic E-state index is 0.0829. The van der Waals surface area contributed by atoms with Crippen molar-refractivity contribution in [1.29, 1.82) is 0 Å². The molecule has 0 saturated heterocycles. The smallest absolute Gasteiger partial charge is 0.356 e. The lowest BCUT2D eigenvalue weighted by Gasteiger charge is -2.07. The number of carbonyl (C=O) groups is 2. The van der Waals surface area contributed by atoms with Crippen molar-refractivity contribution >= 4 is 29.3 Å². The van der Waals surface area contributed by atoms with Gasteiger partial charge in [-0.1, -0.05) is 0 Å². The zero-order valence-electron chi connectivity index (χ0n) is 10.7. The molecule has 1 amide bonds. The quantitative estimate of drug-likeness (QED) is 0.830. The summed E-state index contributed by atoms with van der Waals surface area (Å²) in [5.41, 5.74) is -0.0626. The Kier molecular flexibility index (Phi) is 4.89. The summed E-state index contributed by atoms with van der Waals surface area (Å²) in [4.78, 5) is 27.2. The van der Waals surface area contributed by atoms with E-state index < -0.39 is 5.97 Å². The molecule has 0 aliphatic rings. The molecule has 0 fully saturated rings. The second kappa shape index (κ2) is 6.85. The van der Waals surface area contributed by atoms with Crippen molar-refractivity contribution in [3.8, 4) is 0 Å². The summed E-state index contributed by atoms with van der Waals surface area (Å²) in [5.74, 6) is -1.83. The standard InChI is InChI=1S/C14H11FN2O3S/c15-9-3-5-10(6-4-9)21-8-12(18)17-11-2-1-7-16-13(11)14(19)20/h1-7H,8H2,(H,17,18)(H,19,20). The highest BCUT2D eigenvalue weighted by Crippen LogP contribution is 2.19. The van der Waals surface area contributed by atoms with Gasteiger partial charge in [0.15, 0.2) is 5.69 Å². The van der Waals surface area contributed by atoms with Gasteiger partial charge in [-0.25, -0.2) is 14.2 Å². The van der Waals surface area contributed by atoms with Gasteiger partial charge in [-0.2, -0.15) is 0 Å². The van der Waals surface area contributed by atoms with E-state index in [0.29, 0.717) is 0 Å². The van der Waals surface area contributed by atoms with Gasteiger partial charge in [-0.15, -0.1) is 11.8 Å². The molecule has 0 saturated carbocycles. The van der Waals surface area contributed by atoms with Crippen LogP contribution >= 0.6 is 11.8 Å². The number of aromatic carboxylic acids is 1. The molecule has 1 aromatic heterocycles. The molecule has 0 aliphatic carbocycles. The fraction of sp³-hybridized carbons (Fsp3) is 0.0714. The van der Waals surface area contributed by atoms with Gasteiger partial charge in [0.2, 0.25) is 5.91 Å². The van der Waals surface area contributed by atoms with Crippen LogP contribution in [0.25, 0.3) is 0 Å². The lowest BCUT2D eigenvalue weighted by atomic mass is 10.3. The van der Waals surface area contributed by atoms with E-state index >= 15 is 0 Å². The van der Waals surface area contributed by atoms with Gasteiger partial charge >= 0.3 is 5.97 Å². The van der Waals surface area contributed by atoms with Crippen molar-refractivity contribution < 1.29 is 19.1 Å². The monoisotopic (exact) mass is 306 g/mol. The predicted molar refractivity (Wildman–Crippen MR) is 77.0 cm³/mol. The summed E-state index contributed by atoms with van der Waals surface area (Å²) >= 11 is 1.22. The number of amides is 1. The van der Waals surface area contributed by atoms with Crippen LogP contribution in [0.15, 0.2) is 47.5 Å². The SMILES string of the molecule is O=C(CSc1ccc(F)cc1)Nc1cccnc1C(=O)O. The van der Waals surface area contributed by atoms with Gasteiger partial charge in [0.1, 0.15) is 5.82 Å². The lowest BCUT2D eigenvalue weighted by Crippen LogP contribution is -2.17. The molecule has 0 aliphatic heterocycles. The minimum atomic E-state index is -1.21. The average molecular weight is 306 g/mol. The number of carboxylic acids is 1. The predicted octanol–water partition coefficient (Wildman–Crippen LogP) is 2.65. The highest BCUT2D eigenvalue weighted by molar-refractivity contribution is 8.00. The molecule has 0 unspecified atom stereocenters. The largest absolute Gasteiger partial charge is 0.476 e. The number of benzene rings is 1. The number of rotatable bonds is 5. The molecule has 0 radical (unpaired) electrons. The first-order valence-corrected chi connectivity index (χ1v) is 6.91. The van der Waals surface area contributed by atoms with Crippen LogP contribution in [0.5, 0.6) is 0 Å². The maximum absolute atomic E-state index is 12.7. The van der Waals surface area contributed by atoms with Crippen molar-refractivity contribution in [2.75, 3.05) is 11.1 Å². The molecule has 7 heteroatoms. The van der Waals surface area contributed by atoms with Crippen LogP contribution in [0.2, 0.25) is 0 Å². The topological polar surface area (TPSA) is 79.3 Å². The van der Waals surface area contributed by atoms with Crippen molar-refractivity contribution in [1.82, 2.24) is 4.98 Å². The number of halogens is 1. The number of nitrogens with zero attached hydrogens (tertiary/aromatic N) is 1. The number of carbonyl (C=O) groups excluding carboxylic acids is 1. The first kappa shape index (κ1) is 15.0. The molecule has 1 heterocycles. The normalized spacial score (nSPS) is 10.1. The third-order valence-electron chi connectivity index (χ3n) is 2.47. The molecule has 2 rings (SSSR count). The molecule has 2 N–H and O–H groups in total. The van der Waals surface area contributed by atoms with E-state index in [1.807, 2.05) is 0 Å². The highest BCUT2D eigenvalue weighted by atomic mass is 32.2. The number of carboxylic acid groups (broad SMARTS) is 1. The van der Waals surface area contributed by atoms with Crippen LogP contribution in [0.3, 0.4) is 0 Å². The summed E-state index contributed by atoms with van der Waals surface area (Å²) in [7, 11) is 0. The zero-order chi connectivity index (χ0) is 15.2. The Hall–Kier alpha value is -2.41. The molecule has 0 atom stereocenters. The first-order valence-electron chi connectivity index (χ1n) is 5.93. The Bertz CT molecular complexity index is 662. The van der Waals surface area contributed by atoms with E-state index in [0.717, 1.165) is 4.90 Å². The number of nitrogens with one attached hydrogen (secondary N) is 1. The maximum Gasteiger partial charge on any atom is 0.356 e. The molecular formula is C14H11FN2O3S. The van der Waals surface area contributed by atoms with E-state index in [-0.39, 0.29) is 28.9 Å². The molecule has 1 aromatic carbocycles. The van der Waals surface area contributed by atoms with Gasteiger partial charge < -0.3 is 10.4 Å². The molecule has 0 spiro atoms. The van der Waals surface area contributed by atoms with Crippen LogP contribution in [-0.4, -0.2) is 27.7 Å². The number of anilines is 1. The third kappa shape index (κ3) is 4.28. The van der Waals surface area contributed by atoms with Gasteiger partial charge in [0.25, 0.3) is 0 Å². The van der Waals surface area contributed by atoms with Gasteiger partial charge in [-0.05, 0) is 36.4 Å². The van der Waals surface area contributed by atoms with Gasteiger partial charge in [0, 0.05) is 11.1 Å². The summed E-state index contributed by atoms with van der Waals surface area (Å²) in [6.45, 7) is 0. The lowest BCUT2D eigenvalue weighted by molar-refractivity contribution is -0.113. The second-order valence-electron chi connectivity index (χ2n) is 4.00. The Balaban J connectivity index is 1.96. The molecule has 2 aromatic rings. The number of thioether (sulfide) groups is 1. The zero-order valence-corrected chi connectivity index (χ0v) is 11.6. The molecule has 5 nitrogen and oxygen atoms in total. The molecule has 21 heavy (non-hydrogen) atoms. The van der Waals surface area contributed by atoms with E-state index in [1.165, 1.54) is 42.2 Å². The fourth-order valence-electron chi connectivity index (χ4n) is 1.54. The molecule has 0 bridgehead atoms. The van der Waals surface area contributed by atoms with Crippen LogP contribution in [0.1, 0.15) is 10.5 Å². The highest BCUT2D eigenvalue weighted by Gasteiger charge is 2.13. The maximum atomic E-state index is 12.7. The second-order valence-corrected chi connectivity index (χ2v) is 5.04. The van der Waals surface area contributed by atoms with Crippen molar-refractivity contribution in [2.24, 2.45) is 0 Å². The van der Waals surface area contributed by atoms with Crippen molar-refractivity contribution in [2.45, 2.75) is 4.90 Å². The summed E-state index contributed by atoms with van der Waals surface area (Å²) in [6, 6.07) is 8.76. The van der Waals surface area contributed by atoms with Crippen molar-refractivity contribution in [3.05, 3.63) is 54.1 Å². The summed E-state index contributed by atoms with van der Waals surface area (Å²) < 4.78 is 12.7. The van der Waals surface area contributed by atoms with Crippen LogP contribution < -0.4 is 5.32 Å².